The minimum absolute atomic E-state index is 0.243. The van der Waals surface area contributed by atoms with Gasteiger partial charge in [0.1, 0.15) is 16.8 Å². The van der Waals surface area contributed by atoms with Crippen LogP contribution in [0.3, 0.4) is 0 Å². The quantitative estimate of drug-likeness (QED) is 0.408. The molecule has 0 amide bonds. The van der Waals surface area contributed by atoms with Crippen LogP contribution in [-0.2, 0) is 6.54 Å². The second kappa shape index (κ2) is 8.38. The Morgan fingerprint density at radius 2 is 1.97 bits per heavy atom. The van der Waals surface area contributed by atoms with Gasteiger partial charge in [0, 0.05) is 4.88 Å². The van der Waals surface area contributed by atoms with E-state index in [2.05, 4.69) is 20.2 Å². The lowest BCUT2D eigenvalue weighted by Gasteiger charge is -2.03. The number of methoxy groups -OCH3 is 1. The predicted molar refractivity (Wildman–Crippen MR) is 116 cm³/mol. The summed E-state index contributed by atoms with van der Waals surface area (Å²) >= 11 is 1.57. The number of hydrogen-bond acceptors (Lipinski definition) is 7. The van der Waals surface area contributed by atoms with Crippen molar-refractivity contribution in [3.8, 4) is 16.2 Å². The van der Waals surface area contributed by atoms with Crippen LogP contribution in [0, 0.1) is 6.92 Å². The van der Waals surface area contributed by atoms with E-state index in [-0.39, 0.29) is 5.56 Å². The fourth-order valence-corrected chi connectivity index (χ4v) is 4.25. The summed E-state index contributed by atoms with van der Waals surface area (Å²) in [5.41, 5.74) is 4.08. The minimum Gasteiger partial charge on any atom is -0.497 e. The zero-order valence-electron chi connectivity index (χ0n) is 16.4. The highest BCUT2D eigenvalue weighted by molar-refractivity contribution is 7.23. The highest BCUT2D eigenvalue weighted by Crippen LogP contribution is 2.41. The molecule has 0 aliphatic heterocycles. The summed E-state index contributed by atoms with van der Waals surface area (Å²) in [6.07, 6.45) is 1.49. The molecular weight excluding hydrogens is 400 g/mol. The number of nitrogens with zero attached hydrogens (tertiary/aromatic N) is 4. The van der Waals surface area contributed by atoms with Crippen molar-refractivity contribution in [2.75, 3.05) is 7.11 Å². The first-order valence-corrected chi connectivity index (χ1v) is 9.96. The fourth-order valence-electron chi connectivity index (χ4n) is 3.06. The summed E-state index contributed by atoms with van der Waals surface area (Å²) < 4.78 is 6.21. The molecule has 2 aromatic heterocycles. The Morgan fingerprint density at radius 1 is 1.17 bits per heavy atom. The molecule has 0 bridgehead atoms. The van der Waals surface area contributed by atoms with Gasteiger partial charge in [-0.25, -0.2) is 14.8 Å². The first kappa shape index (κ1) is 19.7. The number of benzene rings is 2. The maximum atomic E-state index is 10.9. The van der Waals surface area contributed by atoms with Gasteiger partial charge in [0.05, 0.1) is 24.7 Å². The largest absolute Gasteiger partial charge is 0.497 e. The van der Waals surface area contributed by atoms with Crippen LogP contribution in [0.15, 0.2) is 65.1 Å². The zero-order chi connectivity index (χ0) is 21.1. The molecule has 0 spiro atoms. The van der Waals surface area contributed by atoms with Crippen LogP contribution >= 0.6 is 11.3 Å². The molecule has 0 saturated carbocycles. The van der Waals surface area contributed by atoms with Crippen molar-refractivity contribution >= 4 is 33.3 Å². The van der Waals surface area contributed by atoms with Crippen LogP contribution < -0.4 is 4.74 Å². The summed E-state index contributed by atoms with van der Waals surface area (Å²) in [4.78, 5) is 20.8. The Balaban J connectivity index is 1.63. The maximum Gasteiger partial charge on any atom is 0.335 e. The molecule has 0 unspecified atom stereocenters. The van der Waals surface area contributed by atoms with Crippen LogP contribution in [0.4, 0.5) is 5.82 Å². The molecule has 0 aliphatic rings. The van der Waals surface area contributed by atoms with E-state index in [9.17, 15) is 4.79 Å². The topological polar surface area (TPSA) is 97.0 Å². The molecular formula is C22H18N4O3S. The highest BCUT2D eigenvalue weighted by atomic mass is 32.1. The second-order valence-electron chi connectivity index (χ2n) is 6.56. The average Bonchev–Trinajstić information content (AvgIpc) is 3.11. The van der Waals surface area contributed by atoms with Gasteiger partial charge in [-0.3, -0.25) is 0 Å². The summed E-state index contributed by atoms with van der Waals surface area (Å²) in [5.74, 6) is 0.361. The lowest BCUT2D eigenvalue weighted by Crippen LogP contribution is -1.95. The van der Waals surface area contributed by atoms with Gasteiger partial charge < -0.3 is 9.84 Å². The van der Waals surface area contributed by atoms with Gasteiger partial charge in [0.25, 0.3) is 0 Å². The van der Waals surface area contributed by atoms with Crippen LogP contribution in [0.1, 0.15) is 21.5 Å². The fraction of sp³-hybridized carbons (Fsp3) is 0.136. The first-order chi connectivity index (χ1) is 14.6. The molecule has 2 heterocycles. The number of fused-ring (bicyclic) bond motifs is 1. The molecule has 0 fully saturated rings. The SMILES string of the molecule is COc1cccc(-c2sc3c(N=NCc4ccc(C(=O)O)cc4)ncnc3c2C)c1. The van der Waals surface area contributed by atoms with Crippen molar-refractivity contribution < 1.29 is 14.6 Å². The number of aromatic nitrogens is 2. The Labute approximate surface area is 176 Å². The molecule has 1 N–H and O–H groups in total. The molecule has 4 aromatic rings. The molecule has 0 radical (unpaired) electrons. The lowest BCUT2D eigenvalue weighted by atomic mass is 10.1. The Bertz CT molecular complexity index is 1250. The number of carbonyl (C=O) groups is 1. The van der Waals surface area contributed by atoms with Crippen molar-refractivity contribution in [2.45, 2.75) is 13.5 Å². The summed E-state index contributed by atoms with van der Waals surface area (Å²) in [7, 11) is 1.65. The third kappa shape index (κ3) is 3.90. The molecule has 4 rings (SSSR count). The maximum absolute atomic E-state index is 10.9. The summed E-state index contributed by atoms with van der Waals surface area (Å²) in [6.45, 7) is 2.37. The third-order valence-electron chi connectivity index (χ3n) is 4.64. The number of carboxylic acid groups (broad SMARTS) is 1. The van der Waals surface area contributed by atoms with Crippen molar-refractivity contribution in [3.63, 3.8) is 0 Å². The second-order valence-corrected chi connectivity index (χ2v) is 7.59. The summed E-state index contributed by atoms with van der Waals surface area (Å²) in [6, 6.07) is 14.5. The van der Waals surface area contributed by atoms with Crippen LogP contribution in [-0.4, -0.2) is 28.2 Å². The van der Waals surface area contributed by atoms with E-state index in [1.807, 2.05) is 31.2 Å². The van der Waals surface area contributed by atoms with E-state index in [4.69, 9.17) is 9.84 Å². The van der Waals surface area contributed by atoms with E-state index in [1.54, 1.807) is 42.7 Å². The van der Waals surface area contributed by atoms with Gasteiger partial charge in [0.15, 0.2) is 5.82 Å². The number of aryl methyl sites for hydroxylation is 1. The molecule has 0 aliphatic carbocycles. The average molecular weight is 418 g/mol. The first-order valence-electron chi connectivity index (χ1n) is 9.15. The molecule has 8 heteroatoms. The number of aromatic carboxylic acids is 1. The van der Waals surface area contributed by atoms with Crippen LogP contribution in [0.25, 0.3) is 20.7 Å². The van der Waals surface area contributed by atoms with E-state index < -0.39 is 5.97 Å². The molecule has 150 valence electrons. The van der Waals surface area contributed by atoms with Crippen LogP contribution in [0.2, 0.25) is 0 Å². The number of azo groups is 1. The molecule has 0 atom stereocenters. The smallest absolute Gasteiger partial charge is 0.335 e. The van der Waals surface area contributed by atoms with Gasteiger partial charge in [0.2, 0.25) is 0 Å². The van der Waals surface area contributed by atoms with E-state index in [0.717, 1.165) is 37.5 Å². The Kier molecular flexibility index (Phi) is 5.49. The minimum atomic E-state index is -0.952. The van der Waals surface area contributed by atoms with Gasteiger partial charge in [-0.2, -0.15) is 5.11 Å². The van der Waals surface area contributed by atoms with Crippen molar-refractivity contribution in [1.29, 1.82) is 0 Å². The van der Waals surface area contributed by atoms with Crippen molar-refractivity contribution in [3.05, 3.63) is 71.5 Å². The monoisotopic (exact) mass is 418 g/mol. The molecule has 0 saturated heterocycles. The Morgan fingerprint density at radius 3 is 2.70 bits per heavy atom. The van der Waals surface area contributed by atoms with Crippen molar-refractivity contribution in [2.24, 2.45) is 10.2 Å². The van der Waals surface area contributed by atoms with Gasteiger partial charge in [-0.15, -0.1) is 16.5 Å². The van der Waals surface area contributed by atoms with E-state index in [1.165, 1.54) is 6.33 Å². The molecule has 7 nitrogen and oxygen atoms in total. The molecule has 30 heavy (non-hydrogen) atoms. The number of carboxylic acids is 1. The number of rotatable bonds is 6. The normalized spacial score (nSPS) is 11.3. The van der Waals surface area contributed by atoms with Gasteiger partial charge >= 0.3 is 5.97 Å². The van der Waals surface area contributed by atoms with Crippen LogP contribution in [0.5, 0.6) is 5.75 Å². The third-order valence-corrected chi connectivity index (χ3v) is 5.96. The Hall–Kier alpha value is -3.65. The van der Waals surface area contributed by atoms with E-state index >= 15 is 0 Å². The predicted octanol–water partition coefficient (Wildman–Crippen LogP) is 5.66. The standard InChI is InChI=1S/C22H18N4O3S/c1-13-18-20(30-19(13)16-4-3-5-17(10-16)29-2)21(24-12-23-18)26-25-11-14-6-8-15(9-7-14)22(27)28/h3-10,12H,11H2,1-2H3,(H,27,28). The van der Waals surface area contributed by atoms with Crippen molar-refractivity contribution in [1.82, 2.24) is 9.97 Å². The zero-order valence-corrected chi connectivity index (χ0v) is 17.2. The molecule has 2 aromatic carbocycles. The highest BCUT2D eigenvalue weighted by Gasteiger charge is 2.15. The van der Waals surface area contributed by atoms with Gasteiger partial charge in [-0.1, -0.05) is 24.3 Å². The number of hydrogen-bond donors (Lipinski definition) is 1. The van der Waals surface area contributed by atoms with E-state index in [0.29, 0.717) is 12.4 Å². The van der Waals surface area contributed by atoms with Gasteiger partial charge in [-0.05, 0) is 47.9 Å². The number of ether oxygens (including phenoxy) is 1. The lowest BCUT2D eigenvalue weighted by molar-refractivity contribution is 0.0697. The summed E-state index contributed by atoms with van der Waals surface area (Å²) in [5, 5.41) is 17.5. The number of thiophene rings is 1.